The molecule has 2 N–H and O–H groups in total. The Morgan fingerprint density at radius 1 is 1.59 bits per heavy atom. The number of nitriles is 1. The number of nitrogens with zero attached hydrogens (tertiary/aromatic N) is 1. The van der Waals surface area contributed by atoms with Crippen LogP contribution in [-0.2, 0) is 0 Å². The third kappa shape index (κ3) is 4.47. The van der Waals surface area contributed by atoms with Crippen molar-refractivity contribution < 1.29 is 5.11 Å². The normalized spacial score (nSPS) is 11.9. The number of thioether (sulfide) groups is 1. The van der Waals surface area contributed by atoms with E-state index in [4.69, 9.17) is 22.0 Å². The van der Waals surface area contributed by atoms with Gasteiger partial charge in [-0.3, -0.25) is 0 Å². The van der Waals surface area contributed by atoms with E-state index in [9.17, 15) is 0 Å². The summed E-state index contributed by atoms with van der Waals surface area (Å²) < 4.78 is 0. The molecule has 17 heavy (non-hydrogen) atoms. The average molecular weight is 271 g/mol. The minimum Gasteiger partial charge on any atom is -0.396 e. The Hall–Kier alpha value is -0.890. The Morgan fingerprint density at radius 2 is 2.35 bits per heavy atom. The summed E-state index contributed by atoms with van der Waals surface area (Å²) in [6.07, 6.45) is 2.72. The van der Waals surface area contributed by atoms with Crippen LogP contribution < -0.4 is 5.32 Å². The highest BCUT2D eigenvalue weighted by molar-refractivity contribution is 7.98. The van der Waals surface area contributed by atoms with Crippen LogP contribution in [0.4, 0.5) is 5.69 Å². The number of hydrogen-bond donors (Lipinski definition) is 2. The van der Waals surface area contributed by atoms with Crippen molar-refractivity contribution >= 4 is 29.1 Å². The molecule has 0 bridgehead atoms. The first-order chi connectivity index (χ1) is 8.21. The predicted octanol–water partition coefficient (Wildman–Crippen LogP) is 2.74. The van der Waals surface area contributed by atoms with E-state index in [1.807, 2.05) is 18.4 Å². The fraction of sp³-hybridized carbons (Fsp3) is 0.417. The quantitative estimate of drug-likeness (QED) is 0.835. The van der Waals surface area contributed by atoms with Crippen LogP contribution in [0, 0.1) is 11.3 Å². The smallest absolute Gasteiger partial charge is 0.101 e. The summed E-state index contributed by atoms with van der Waals surface area (Å²) in [7, 11) is 0. The number of aliphatic hydroxyl groups excluding tert-OH is 1. The van der Waals surface area contributed by atoms with Gasteiger partial charge < -0.3 is 10.4 Å². The fourth-order valence-corrected chi connectivity index (χ4v) is 2.36. The monoisotopic (exact) mass is 270 g/mol. The second-order valence-corrected chi connectivity index (χ2v) is 4.93. The van der Waals surface area contributed by atoms with Crippen LogP contribution in [-0.4, -0.2) is 29.8 Å². The first-order valence-corrected chi connectivity index (χ1v) is 7.04. The van der Waals surface area contributed by atoms with Gasteiger partial charge in [-0.15, -0.1) is 0 Å². The topological polar surface area (TPSA) is 56.0 Å². The number of nitrogens with one attached hydrogen (secondary N) is 1. The zero-order valence-electron chi connectivity index (χ0n) is 9.61. The third-order valence-electron chi connectivity index (χ3n) is 2.31. The molecule has 5 heteroatoms. The van der Waals surface area contributed by atoms with Crippen molar-refractivity contribution in [3.8, 4) is 6.07 Å². The maximum absolute atomic E-state index is 8.96. The summed E-state index contributed by atoms with van der Waals surface area (Å²) in [5.41, 5.74) is 1.35. The van der Waals surface area contributed by atoms with E-state index in [0.717, 1.165) is 11.4 Å². The van der Waals surface area contributed by atoms with Crippen LogP contribution >= 0.6 is 23.4 Å². The number of rotatable bonds is 6. The Morgan fingerprint density at radius 3 is 2.88 bits per heavy atom. The van der Waals surface area contributed by atoms with Crippen molar-refractivity contribution in [1.29, 1.82) is 5.26 Å². The van der Waals surface area contributed by atoms with Crippen molar-refractivity contribution in [3.05, 3.63) is 28.8 Å². The van der Waals surface area contributed by atoms with Gasteiger partial charge in [0.1, 0.15) is 6.07 Å². The van der Waals surface area contributed by atoms with Gasteiger partial charge in [-0.05, 0) is 30.9 Å². The average Bonchev–Trinajstić information content (AvgIpc) is 2.30. The van der Waals surface area contributed by atoms with E-state index in [-0.39, 0.29) is 12.6 Å². The van der Waals surface area contributed by atoms with Crippen LogP contribution in [0.5, 0.6) is 0 Å². The largest absolute Gasteiger partial charge is 0.396 e. The highest BCUT2D eigenvalue weighted by Gasteiger charge is 2.08. The number of aliphatic hydroxyl groups is 1. The molecule has 0 unspecified atom stereocenters. The van der Waals surface area contributed by atoms with Crippen LogP contribution in [0.15, 0.2) is 18.2 Å². The van der Waals surface area contributed by atoms with Gasteiger partial charge in [0.2, 0.25) is 0 Å². The van der Waals surface area contributed by atoms with Crippen molar-refractivity contribution in [3.63, 3.8) is 0 Å². The zero-order valence-corrected chi connectivity index (χ0v) is 11.2. The van der Waals surface area contributed by atoms with Gasteiger partial charge in [0.25, 0.3) is 0 Å². The van der Waals surface area contributed by atoms with E-state index in [2.05, 4.69) is 5.32 Å². The Bertz CT molecular complexity index is 400. The highest BCUT2D eigenvalue weighted by Crippen LogP contribution is 2.21. The molecule has 1 aromatic carbocycles. The van der Waals surface area contributed by atoms with E-state index in [1.54, 1.807) is 23.9 Å². The Kier molecular flexibility index (Phi) is 6.20. The van der Waals surface area contributed by atoms with E-state index >= 15 is 0 Å². The number of hydrogen-bond acceptors (Lipinski definition) is 4. The lowest BCUT2D eigenvalue weighted by Crippen LogP contribution is -2.23. The standard InChI is InChI=1S/C12H15ClN2OS/c1-17-8-11(4-5-16)15-10-3-2-9(7-14)12(13)6-10/h2-3,6,11,15-16H,4-5,8H2,1H3/t11-/m0/s1. The van der Waals surface area contributed by atoms with Crippen LogP contribution in [0.1, 0.15) is 12.0 Å². The number of anilines is 1. The Labute approximate surface area is 111 Å². The maximum Gasteiger partial charge on any atom is 0.101 e. The Balaban J connectivity index is 2.72. The number of halogens is 1. The first-order valence-electron chi connectivity index (χ1n) is 5.27. The molecule has 0 heterocycles. The van der Waals surface area contributed by atoms with E-state index in [1.165, 1.54) is 0 Å². The summed E-state index contributed by atoms with van der Waals surface area (Å²) in [6.45, 7) is 0.155. The summed E-state index contributed by atoms with van der Waals surface area (Å²) in [4.78, 5) is 0. The van der Waals surface area contributed by atoms with Crippen molar-refractivity contribution in [2.24, 2.45) is 0 Å². The van der Waals surface area contributed by atoms with Crippen LogP contribution in [0.2, 0.25) is 5.02 Å². The molecule has 0 saturated heterocycles. The lowest BCUT2D eigenvalue weighted by molar-refractivity contribution is 0.282. The van der Waals surface area contributed by atoms with Gasteiger partial charge in [0, 0.05) is 24.1 Å². The van der Waals surface area contributed by atoms with Crippen molar-refractivity contribution in [1.82, 2.24) is 0 Å². The molecule has 0 aliphatic heterocycles. The van der Waals surface area contributed by atoms with Crippen LogP contribution in [0.3, 0.4) is 0 Å². The highest BCUT2D eigenvalue weighted by atomic mass is 35.5. The van der Waals surface area contributed by atoms with Crippen LogP contribution in [0.25, 0.3) is 0 Å². The molecule has 0 fully saturated rings. The molecule has 0 aliphatic carbocycles. The lowest BCUT2D eigenvalue weighted by atomic mass is 10.2. The number of benzene rings is 1. The molecule has 0 aliphatic rings. The van der Waals surface area contributed by atoms with Gasteiger partial charge in [-0.1, -0.05) is 11.6 Å². The molecule has 1 atom stereocenters. The SMILES string of the molecule is CSC[C@H](CCO)Nc1ccc(C#N)c(Cl)c1. The van der Waals surface area contributed by atoms with E-state index in [0.29, 0.717) is 17.0 Å². The fourth-order valence-electron chi connectivity index (χ4n) is 1.49. The molecule has 92 valence electrons. The second-order valence-electron chi connectivity index (χ2n) is 3.62. The minimum atomic E-state index is 0.155. The molecular formula is C12H15ClN2OS. The van der Waals surface area contributed by atoms with E-state index < -0.39 is 0 Å². The lowest BCUT2D eigenvalue weighted by Gasteiger charge is -2.18. The molecule has 0 saturated carbocycles. The van der Waals surface area contributed by atoms with Crippen molar-refractivity contribution in [2.45, 2.75) is 12.5 Å². The van der Waals surface area contributed by atoms with Gasteiger partial charge in [-0.25, -0.2) is 0 Å². The maximum atomic E-state index is 8.96. The summed E-state index contributed by atoms with van der Waals surface area (Å²) in [5, 5.41) is 21.5. The molecule has 0 spiro atoms. The van der Waals surface area contributed by atoms with Gasteiger partial charge in [0.05, 0.1) is 10.6 Å². The summed E-state index contributed by atoms with van der Waals surface area (Å²) in [6, 6.07) is 7.49. The molecule has 1 rings (SSSR count). The van der Waals surface area contributed by atoms with Gasteiger partial charge in [-0.2, -0.15) is 17.0 Å². The molecule has 3 nitrogen and oxygen atoms in total. The third-order valence-corrected chi connectivity index (χ3v) is 3.35. The predicted molar refractivity (Wildman–Crippen MR) is 73.7 cm³/mol. The minimum absolute atomic E-state index is 0.155. The second kappa shape index (κ2) is 7.44. The summed E-state index contributed by atoms with van der Waals surface area (Å²) >= 11 is 7.67. The molecule has 0 aromatic heterocycles. The van der Waals surface area contributed by atoms with Gasteiger partial charge >= 0.3 is 0 Å². The molecule has 0 radical (unpaired) electrons. The first kappa shape index (κ1) is 14.2. The zero-order chi connectivity index (χ0) is 12.7. The molecular weight excluding hydrogens is 256 g/mol. The van der Waals surface area contributed by atoms with Crippen molar-refractivity contribution in [2.75, 3.05) is 23.9 Å². The molecule has 0 amide bonds. The summed E-state index contributed by atoms with van der Waals surface area (Å²) in [5.74, 6) is 0.915. The van der Waals surface area contributed by atoms with Gasteiger partial charge in [0.15, 0.2) is 0 Å². The molecule has 1 aromatic rings.